The Morgan fingerprint density at radius 2 is 1.91 bits per heavy atom. The predicted octanol–water partition coefficient (Wildman–Crippen LogP) is 2.91. The molecule has 1 aromatic heterocycles. The Morgan fingerprint density at radius 3 is 2.45 bits per heavy atom. The highest BCUT2D eigenvalue weighted by Gasteiger charge is 2.18. The van der Waals surface area contributed by atoms with Gasteiger partial charge in [-0.1, -0.05) is 6.92 Å². The molecule has 0 aliphatic rings. The fourth-order valence-electron chi connectivity index (χ4n) is 1.76. The van der Waals surface area contributed by atoms with Crippen LogP contribution in [-0.2, 0) is 23.8 Å². The molecule has 1 unspecified atom stereocenters. The van der Waals surface area contributed by atoms with Crippen molar-refractivity contribution < 1.29 is 4.21 Å². The minimum atomic E-state index is -0.839. The van der Waals surface area contributed by atoms with E-state index in [0.717, 1.165) is 18.9 Å². The van der Waals surface area contributed by atoms with Crippen molar-refractivity contribution in [1.82, 2.24) is 10.6 Å². The van der Waals surface area contributed by atoms with Crippen molar-refractivity contribution in [2.75, 3.05) is 18.8 Å². The van der Waals surface area contributed by atoms with E-state index in [1.54, 1.807) is 0 Å². The first-order chi connectivity index (χ1) is 10.4. The molecule has 0 bridgehead atoms. The van der Waals surface area contributed by atoms with E-state index in [1.807, 2.05) is 39.0 Å². The van der Waals surface area contributed by atoms with Crippen LogP contribution in [0.25, 0.3) is 0 Å². The summed E-state index contributed by atoms with van der Waals surface area (Å²) in [5.74, 6) is 1.42. The van der Waals surface area contributed by atoms with Crippen molar-refractivity contribution >= 4 is 28.1 Å². The maximum atomic E-state index is 12.0. The van der Waals surface area contributed by atoms with Gasteiger partial charge in [0.05, 0.1) is 6.54 Å². The van der Waals surface area contributed by atoms with E-state index < -0.39 is 10.8 Å². The van der Waals surface area contributed by atoms with Crippen LogP contribution >= 0.6 is 11.3 Å². The molecule has 2 N–H and O–H groups in total. The lowest BCUT2D eigenvalue weighted by Gasteiger charge is -2.18. The lowest BCUT2D eigenvalue weighted by atomic mass is 10.3. The van der Waals surface area contributed by atoms with Crippen LogP contribution in [0.5, 0.6) is 0 Å². The van der Waals surface area contributed by atoms with Gasteiger partial charge in [0.15, 0.2) is 5.96 Å². The average molecular weight is 344 g/mol. The normalized spacial score (nSPS) is 14.0. The number of nitrogens with one attached hydrogen (secondary N) is 2. The molecule has 1 aromatic rings. The summed E-state index contributed by atoms with van der Waals surface area (Å²) in [6.45, 7) is 12.4. The van der Waals surface area contributed by atoms with E-state index in [9.17, 15) is 4.21 Å². The maximum Gasteiger partial charge on any atom is 0.191 e. The third kappa shape index (κ3) is 6.92. The molecular formula is C16H29N3OS2. The number of rotatable bonds is 7. The minimum Gasteiger partial charge on any atom is -0.357 e. The Hall–Kier alpha value is -0.880. The molecule has 1 atom stereocenters. The zero-order valence-corrected chi connectivity index (χ0v) is 16.0. The molecule has 0 saturated carbocycles. The summed E-state index contributed by atoms with van der Waals surface area (Å²) >= 11 is 1.81. The van der Waals surface area contributed by atoms with E-state index in [2.05, 4.69) is 34.7 Å². The number of guanidine groups is 1. The van der Waals surface area contributed by atoms with Gasteiger partial charge in [-0.05, 0) is 46.2 Å². The standard InChI is InChI=1S/C16H29N3OS2/c1-6-13-8-9-14(21-13)12-19-15(17-7-2)18-10-11-22(20)16(3,4)5/h8-9H,6-7,10-12H2,1-5H3,(H2,17,18,19). The molecule has 126 valence electrons. The molecule has 0 amide bonds. The first-order valence-corrected chi connectivity index (χ1v) is 9.98. The molecule has 22 heavy (non-hydrogen) atoms. The van der Waals surface area contributed by atoms with Crippen LogP contribution < -0.4 is 10.6 Å². The number of aliphatic imine (C=N–C) groups is 1. The fourth-order valence-corrected chi connectivity index (χ4v) is 3.55. The van der Waals surface area contributed by atoms with Crippen LogP contribution in [0.2, 0.25) is 0 Å². The monoisotopic (exact) mass is 343 g/mol. The summed E-state index contributed by atoms with van der Waals surface area (Å²) in [6, 6.07) is 4.31. The van der Waals surface area contributed by atoms with E-state index in [1.165, 1.54) is 9.75 Å². The van der Waals surface area contributed by atoms with Crippen LogP contribution in [0.4, 0.5) is 0 Å². The summed E-state index contributed by atoms with van der Waals surface area (Å²) in [5.41, 5.74) is 0. The van der Waals surface area contributed by atoms with Crippen LogP contribution in [0.15, 0.2) is 17.1 Å². The smallest absolute Gasteiger partial charge is 0.191 e. The lowest BCUT2D eigenvalue weighted by Crippen LogP contribution is -2.40. The number of thiophene rings is 1. The van der Waals surface area contributed by atoms with Crippen molar-refractivity contribution in [1.29, 1.82) is 0 Å². The highest BCUT2D eigenvalue weighted by atomic mass is 32.2. The topological polar surface area (TPSA) is 53.5 Å². The quantitative estimate of drug-likeness (QED) is 0.591. The third-order valence-corrected chi connectivity index (χ3v) is 6.22. The number of hydrogen-bond acceptors (Lipinski definition) is 3. The fraction of sp³-hybridized carbons (Fsp3) is 0.688. The number of nitrogens with zero attached hydrogens (tertiary/aromatic N) is 1. The lowest BCUT2D eigenvalue weighted by molar-refractivity contribution is 0.647. The maximum absolute atomic E-state index is 12.0. The van der Waals surface area contributed by atoms with Gasteiger partial charge in [-0.2, -0.15) is 0 Å². The van der Waals surface area contributed by atoms with E-state index in [4.69, 9.17) is 0 Å². The molecule has 6 heteroatoms. The van der Waals surface area contributed by atoms with E-state index in [0.29, 0.717) is 18.8 Å². The van der Waals surface area contributed by atoms with Crippen molar-refractivity contribution in [3.05, 3.63) is 21.9 Å². The van der Waals surface area contributed by atoms with Gasteiger partial charge in [0.2, 0.25) is 0 Å². The molecule has 0 aliphatic carbocycles. The number of aryl methyl sites for hydroxylation is 1. The summed E-state index contributed by atoms with van der Waals surface area (Å²) in [6.07, 6.45) is 1.07. The second kappa shape index (κ2) is 9.30. The van der Waals surface area contributed by atoms with Gasteiger partial charge >= 0.3 is 0 Å². The first kappa shape index (κ1) is 19.2. The van der Waals surface area contributed by atoms with Crippen molar-refractivity contribution in [3.63, 3.8) is 0 Å². The molecule has 0 fully saturated rings. The predicted molar refractivity (Wildman–Crippen MR) is 99.3 cm³/mol. The SMILES string of the molecule is CCNC(=NCc1ccc(CC)s1)NCCS(=O)C(C)(C)C. The molecule has 0 saturated heterocycles. The summed E-state index contributed by atoms with van der Waals surface area (Å²) in [7, 11) is -0.839. The van der Waals surface area contributed by atoms with Crippen LogP contribution in [0.3, 0.4) is 0 Å². The Kier molecular flexibility index (Phi) is 8.10. The highest BCUT2D eigenvalue weighted by molar-refractivity contribution is 7.86. The minimum absolute atomic E-state index is 0.162. The van der Waals surface area contributed by atoms with Crippen molar-refractivity contribution in [3.8, 4) is 0 Å². The van der Waals surface area contributed by atoms with Gasteiger partial charge < -0.3 is 10.6 Å². The molecular weight excluding hydrogens is 314 g/mol. The molecule has 0 spiro atoms. The van der Waals surface area contributed by atoms with Gasteiger partial charge in [0.25, 0.3) is 0 Å². The molecule has 0 aliphatic heterocycles. The summed E-state index contributed by atoms with van der Waals surface area (Å²) < 4.78 is 11.9. The molecule has 1 heterocycles. The van der Waals surface area contributed by atoms with Gasteiger partial charge in [-0.15, -0.1) is 11.3 Å². The van der Waals surface area contributed by atoms with Gasteiger partial charge in [0, 0.05) is 44.1 Å². The second-order valence-corrected chi connectivity index (χ2v) is 9.58. The van der Waals surface area contributed by atoms with Gasteiger partial charge in [-0.25, -0.2) is 4.99 Å². The highest BCUT2D eigenvalue weighted by Crippen LogP contribution is 2.17. The zero-order chi connectivity index (χ0) is 16.6. The Bertz CT molecular complexity index is 504. The van der Waals surface area contributed by atoms with Crippen LogP contribution in [0, 0.1) is 0 Å². The zero-order valence-electron chi connectivity index (χ0n) is 14.4. The first-order valence-electron chi connectivity index (χ1n) is 7.85. The number of hydrogen-bond donors (Lipinski definition) is 2. The average Bonchev–Trinajstić information content (AvgIpc) is 2.91. The van der Waals surface area contributed by atoms with E-state index in [-0.39, 0.29) is 4.75 Å². The Morgan fingerprint density at radius 1 is 1.23 bits per heavy atom. The van der Waals surface area contributed by atoms with Crippen molar-refractivity contribution in [2.45, 2.75) is 52.3 Å². The van der Waals surface area contributed by atoms with E-state index >= 15 is 0 Å². The molecule has 0 aromatic carbocycles. The summed E-state index contributed by atoms with van der Waals surface area (Å²) in [5, 5.41) is 6.50. The molecule has 4 nitrogen and oxygen atoms in total. The second-order valence-electron chi connectivity index (χ2n) is 6.01. The van der Waals surface area contributed by atoms with Crippen molar-refractivity contribution in [2.24, 2.45) is 4.99 Å². The van der Waals surface area contributed by atoms with Crippen LogP contribution in [-0.4, -0.2) is 33.8 Å². The molecule has 0 radical (unpaired) electrons. The Balaban J connectivity index is 2.50. The molecule has 1 rings (SSSR count). The summed E-state index contributed by atoms with van der Waals surface area (Å²) in [4.78, 5) is 7.26. The van der Waals surface area contributed by atoms with Gasteiger partial charge in [-0.3, -0.25) is 4.21 Å². The van der Waals surface area contributed by atoms with Gasteiger partial charge in [0.1, 0.15) is 0 Å². The third-order valence-electron chi connectivity index (χ3n) is 3.07. The largest absolute Gasteiger partial charge is 0.357 e. The van der Waals surface area contributed by atoms with Crippen LogP contribution in [0.1, 0.15) is 44.4 Å². The Labute approximate surface area is 141 Å².